The number of piperidine rings is 2. The highest BCUT2D eigenvalue weighted by Gasteiger charge is 2.36. The van der Waals surface area contributed by atoms with Crippen molar-refractivity contribution in [2.45, 2.75) is 63.2 Å². The number of carbonyl (C=O) groups excluding carboxylic acids is 1. The van der Waals surface area contributed by atoms with Crippen molar-refractivity contribution in [2.75, 3.05) is 7.05 Å². The van der Waals surface area contributed by atoms with Crippen molar-refractivity contribution < 1.29 is 4.79 Å². The lowest BCUT2D eigenvalue weighted by Gasteiger charge is -2.47. The summed E-state index contributed by atoms with van der Waals surface area (Å²) in [6.45, 7) is 1.74. The van der Waals surface area contributed by atoms with Crippen LogP contribution in [0, 0.1) is 0 Å². The molecule has 0 aromatic rings. The highest BCUT2D eigenvalue weighted by molar-refractivity contribution is 5.81. The quantitative estimate of drug-likeness (QED) is 0.718. The second-order valence-electron chi connectivity index (χ2n) is 5.37. The number of hydrogen-bond donors (Lipinski definition) is 2. The third-order valence-corrected chi connectivity index (χ3v) is 4.10. The average Bonchev–Trinajstić information content (AvgIpc) is 2.19. The predicted octanol–water partition coefficient (Wildman–Crippen LogP) is 0.465. The molecule has 2 aliphatic rings. The van der Waals surface area contributed by atoms with Gasteiger partial charge in [-0.15, -0.1) is 0 Å². The molecule has 2 rings (SSSR count). The van der Waals surface area contributed by atoms with Crippen molar-refractivity contribution in [2.24, 2.45) is 5.73 Å². The van der Waals surface area contributed by atoms with Gasteiger partial charge in [-0.1, -0.05) is 6.42 Å². The van der Waals surface area contributed by atoms with Gasteiger partial charge in [0.2, 0.25) is 5.91 Å². The maximum Gasteiger partial charge on any atom is 0.236 e. The molecule has 0 saturated carbocycles. The standard InChI is InChI=1S/C12H23N3O/c1-8(13)12(16)14-9-6-10-4-3-5-11(7-9)15(10)2/h8-11H,3-7,13H2,1-2H3,(H,14,16). The first kappa shape index (κ1) is 11.9. The van der Waals surface area contributed by atoms with Crippen molar-refractivity contribution in [3.8, 4) is 0 Å². The topological polar surface area (TPSA) is 58.4 Å². The molecule has 2 aliphatic heterocycles. The third-order valence-electron chi connectivity index (χ3n) is 4.10. The number of carbonyl (C=O) groups is 1. The van der Waals surface area contributed by atoms with E-state index in [9.17, 15) is 4.79 Å². The molecule has 2 fully saturated rings. The Labute approximate surface area is 97.6 Å². The van der Waals surface area contributed by atoms with Gasteiger partial charge in [-0.25, -0.2) is 0 Å². The zero-order valence-corrected chi connectivity index (χ0v) is 10.3. The molecular formula is C12H23N3O. The molecular weight excluding hydrogens is 202 g/mol. The number of nitrogens with two attached hydrogens (primary N) is 1. The molecule has 0 aromatic heterocycles. The third kappa shape index (κ3) is 2.38. The van der Waals surface area contributed by atoms with Gasteiger partial charge in [-0.05, 0) is 39.7 Å². The fourth-order valence-corrected chi connectivity index (χ4v) is 3.07. The van der Waals surface area contributed by atoms with Crippen LogP contribution < -0.4 is 11.1 Å². The molecule has 3 N–H and O–H groups in total. The molecule has 2 saturated heterocycles. The molecule has 3 atom stereocenters. The summed E-state index contributed by atoms with van der Waals surface area (Å²) in [6.07, 6.45) is 6.07. The van der Waals surface area contributed by atoms with Crippen LogP contribution in [-0.2, 0) is 4.79 Å². The lowest BCUT2D eigenvalue weighted by atomic mass is 9.82. The molecule has 1 amide bonds. The summed E-state index contributed by atoms with van der Waals surface area (Å²) in [7, 11) is 2.22. The molecule has 2 heterocycles. The summed E-state index contributed by atoms with van der Waals surface area (Å²) in [6, 6.07) is 1.27. The second-order valence-corrected chi connectivity index (χ2v) is 5.37. The Kier molecular flexibility index (Phi) is 3.50. The number of nitrogens with one attached hydrogen (secondary N) is 1. The molecule has 0 radical (unpaired) electrons. The van der Waals surface area contributed by atoms with E-state index in [4.69, 9.17) is 5.73 Å². The van der Waals surface area contributed by atoms with Crippen molar-refractivity contribution in [1.29, 1.82) is 0 Å². The number of hydrogen-bond acceptors (Lipinski definition) is 3. The van der Waals surface area contributed by atoms with Gasteiger partial charge in [0.1, 0.15) is 0 Å². The summed E-state index contributed by atoms with van der Waals surface area (Å²) in [4.78, 5) is 14.1. The fourth-order valence-electron chi connectivity index (χ4n) is 3.07. The van der Waals surface area contributed by atoms with Crippen LogP contribution in [0.5, 0.6) is 0 Å². The molecule has 0 spiro atoms. The first-order valence-electron chi connectivity index (χ1n) is 6.36. The van der Waals surface area contributed by atoms with Gasteiger partial charge in [-0.2, -0.15) is 0 Å². The minimum Gasteiger partial charge on any atom is -0.352 e. The number of nitrogens with zero attached hydrogens (tertiary/aromatic N) is 1. The van der Waals surface area contributed by atoms with Gasteiger partial charge in [0.25, 0.3) is 0 Å². The number of rotatable bonds is 2. The molecule has 4 nitrogen and oxygen atoms in total. The highest BCUT2D eigenvalue weighted by Crippen LogP contribution is 2.32. The van der Waals surface area contributed by atoms with Crippen LogP contribution in [0.15, 0.2) is 0 Å². The van der Waals surface area contributed by atoms with Gasteiger partial charge in [0.05, 0.1) is 6.04 Å². The Morgan fingerprint density at radius 3 is 2.44 bits per heavy atom. The van der Waals surface area contributed by atoms with Crippen LogP contribution >= 0.6 is 0 Å². The summed E-state index contributed by atoms with van der Waals surface area (Å²) >= 11 is 0. The summed E-state index contributed by atoms with van der Waals surface area (Å²) < 4.78 is 0. The van der Waals surface area contributed by atoms with Gasteiger partial charge < -0.3 is 16.0 Å². The summed E-state index contributed by atoms with van der Waals surface area (Å²) in [5.41, 5.74) is 5.57. The monoisotopic (exact) mass is 225 g/mol. The second kappa shape index (κ2) is 4.72. The van der Waals surface area contributed by atoms with Crippen LogP contribution in [0.4, 0.5) is 0 Å². The Bertz CT molecular complexity index is 253. The smallest absolute Gasteiger partial charge is 0.236 e. The summed E-state index contributed by atoms with van der Waals surface area (Å²) in [5.74, 6) is -0.00683. The first-order valence-corrected chi connectivity index (χ1v) is 6.36. The normalized spacial score (nSPS) is 36.8. The van der Waals surface area contributed by atoms with Crippen molar-refractivity contribution in [3.63, 3.8) is 0 Å². The largest absolute Gasteiger partial charge is 0.352 e. The molecule has 4 heteroatoms. The maximum atomic E-state index is 11.6. The Balaban J connectivity index is 1.92. The molecule has 0 aliphatic carbocycles. The minimum absolute atomic E-state index is 0.00683. The highest BCUT2D eigenvalue weighted by atomic mass is 16.2. The van der Waals surface area contributed by atoms with E-state index in [2.05, 4.69) is 17.3 Å². The molecule has 3 unspecified atom stereocenters. The molecule has 16 heavy (non-hydrogen) atoms. The summed E-state index contributed by atoms with van der Waals surface area (Å²) in [5, 5.41) is 3.08. The van der Waals surface area contributed by atoms with Gasteiger partial charge >= 0.3 is 0 Å². The van der Waals surface area contributed by atoms with Crippen LogP contribution in [0.3, 0.4) is 0 Å². The number of amides is 1. The van der Waals surface area contributed by atoms with E-state index in [1.807, 2.05) is 0 Å². The first-order chi connectivity index (χ1) is 7.58. The zero-order chi connectivity index (χ0) is 11.7. The molecule has 2 bridgehead atoms. The minimum atomic E-state index is -0.389. The van der Waals surface area contributed by atoms with E-state index < -0.39 is 0 Å². The Morgan fingerprint density at radius 2 is 1.94 bits per heavy atom. The van der Waals surface area contributed by atoms with Gasteiger partial charge in [0.15, 0.2) is 0 Å². The molecule has 92 valence electrons. The van der Waals surface area contributed by atoms with E-state index in [0.29, 0.717) is 18.1 Å². The Morgan fingerprint density at radius 1 is 1.38 bits per heavy atom. The van der Waals surface area contributed by atoms with E-state index >= 15 is 0 Å². The number of fused-ring (bicyclic) bond motifs is 2. The van der Waals surface area contributed by atoms with Crippen molar-refractivity contribution >= 4 is 5.91 Å². The van der Waals surface area contributed by atoms with E-state index in [-0.39, 0.29) is 11.9 Å². The van der Waals surface area contributed by atoms with Crippen molar-refractivity contribution in [3.05, 3.63) is 0 Å². The zero-order valence-electron chi connectivity index (χ0n) is 10.3. The lowest BCUT2D eigenvalue weighted by Crippen LogP contribution is -2.56. The maximum absolute atomic E-state index is 11.6. The van der Waals surface area contributed by atoms with Crippen molar-refractivity contribution in [1.82, 2.24) is 10.2 Å². The predicted molar refractivity (Wildman–Crippen MR) is 64.0 cm³/mol. The van der Waals surface area contributed by atoms with Crippen LogP contribution in [0.1, 0.15) is 39.0 Å². The van der Waals surface area contributed by atoms with E-state index in [0.717, 1.165) is 12.8 Å². The van der Waals surface area contributed by atoms with E-state index in [1.54, 1.807) is 6.92 Å². The lowest BCUT2D eigenvalue weighted by molar-refractivity contribution is -0.123. The van der Waals surface area contributed by atoms with Gasteiger partial charge in [-0.3, -0.25) is 4.79 Å². The van der Waals surface area contributed by atoms with Gasteiger partial charge in [0, 0.05) is 18.1 Å². The van der Waals surface area contributed by atoms with Crippen LogP contribution in [0.2, 0.25) is 0 Å². The Hall–Kier alpha value is -0.610. The molecule has 0 aromatic carbocycles. The van der Waals surface area contributed by atoms with Crippen LogP contribution in [0.25, 0.3) is 0 Å². The van der Waals surface area contributed by atoms with E-state index in [1.165, 1.54) is 19.3 Å². The average molecular weight is 225 g/mol. The van der Waals surface area contributed by atoms with Crippen LogP contribution in [-0.4, -0.2) is 42.0 Å². The fraction of sp³-hybridized carbons (Fsp3) is 0.917. The SMILES string of the molecule is CC(N)C(=O)NC1CC2CCCC(C1)N2C.